The summed E-state index contributed by atoms with van der Waals surface area (Å²) in [5, 5.41) is 7.82. The maximum Gasteiger partial charge on any atom is 0.167 e. The molecule has 0 spiro atoms. The highest BCUT2D eigenvalue weighted by Gasteiger charge is 2.09. The Hall–Kier alpha value is -1.95. The van der Waals surface area contributed by atoms with Crippen LogP contribution in [0.3, 0.4) is 0 Å². The summed E-state index contributed by atoms with van der Waals surface area (Å²) in [5.41, 5.74) is 6.92. The summed E-state index contributed by atoms with van der Waals surface area (Å²) < 4.78 is 20.3. The molecule has 1 heterocycles. The Morgan fingerprint density at radius 2 is 2.28 bits per heavy atom. The second-order valence-electron chi connectivity index (χ2n) is 3.92. The van der Waals surface area contributed by atoms with Crippen molar-refractivity contribution < 1.29 is 9.13 Å². The lowest BCUT2D eigenvalue weighted by Crippen LogP contribution is -2.04. The normalized spacial score (nSPS) is 12.4. The van der Waals surface area contributed by atoms with Gasteiger partial charge in [-0.15, -0.1) is 5.10 Å². The van der Waals surface area contributed by atoms with Crippen LogP contribution in [-0.2, 0) is 0 Å². The summed E-state index contributed by atoms with van der Waals surface area (Å²) >= 11 is 0. The molecule has 0 aliphatic rings. The predicted octanol–water partition coefficient (Wildman–Crippen LogP) is 1.82. The molecule has 18 heavy (non-hydrogen) atoms. The van der Waals surface area contributed by atoms with Crippen LogP contribution in [0.5, 0.6) is 5.75 Å². The molecule has 1 aromatic heterocycles. The van der Waals surface area contributed by atoms with E-state index in [0.29, 0.717) is 18.0 Å². The van der Waals surface area contributed by atoms with E-state index in [1.165, 1.54) is 10.7 Å². The first-order valence-electron chi connectivity index (χ1n) is 5.72. The molecule has 0 bridgehead atoms. The zero-order chi connectivity index (χ0) is 13.1. The van der Waals surface area contributed by atoms with Crippen molar-refractivity contribution in [1.29, 1.82) is 0 Å². The van der Waals surface area contributed by atoms with Crippen molar-refractivity contribution in [1.82, 2.24) is 15.0 Å². The highest BCUT2D eigenvalue weighted by molar-refractivity contribution is 5.38. The number of nitrogens with zero attached hydrogens (tertiary/aromatic N) is 3. The fourth-order valence-corrected chi connectivity index (χ4v) is 1.52. The van der Waals surface area contributed by atoms with Gasteiger partial charge in [0.15, 0.2) is 11.6 Å². The lowest BCUT2D eigenvalue weighted by atomic mass is 10.2. The van der Waals surface area contributed by atoms with E-state index in [1.807, 2.05) is 6.92 Å². The summed E-state index contributed by atoms with van der Waals surface area (Å²) in [6.07, 6.45) is 1.68. The monoisotopic (exact) mass is 250 g/mol. The summed E-state index contributed by atoms with van der Waals surface area (Å²) in [7, 11) is 0. The van der Waals surface area contributed by atoms with Crippen LogP contribution in [0.15, 0.2) is 24.4 Å². The average molecular weight is 250 g/mol. The van der Waals surface area contributed by atoms with Gasteiger partial charge in [0.05, 0.1) is 24.2 Å². The van der Waals surface area contributed by atoms with Crippen LogP contribution in [0, 0.1) is 5.82 Å². The summed E-state index contributed by atoms with van der Waals surface area (Å²) in [4.78, 5) is 0. The van der Waals surface area contributed by atoms with Crippen LogP contribution in [0.4, 0.5) is 4.39 Å². The van der Waals surface area contributed by atoms with E-state index in [-0.39, 0.29) is 11.8 Å². The van der Waals surface area contributed by atoms with Gasteiger partial charge in [-0.2, -0.15) is 0 Å². The number of halogens is 1. The summed E-state index contributed by atoms with van der Waals surface area (Å²) in [5.74, 6) is -0.194. The average Bonchev–Trinajstić information content (AvgIpc) is 2.81. The van der Waals surface area contributed by atoms with Crippen molar-refractivity contribution >= 4 is 0 Å². The molecular formula is C12H15FN4O. The molecule has 2 aromatic rings. The first-order valence-corrected chi connectivity index (χ1v) is 5.72. The van der Waals surface area contributed by atoms with Gasteiger partial charge in [0.2, 0.25) is 0 Å². The smallest absolute Gasteiger partial charge is 0.167 e. The standard InChI is InChI=1S/C12H15FN4O/c1-3-18-12-5-4-9(6-10(12)13)17-7-11(8(2)14)15-16-17/h4-8H,3,14H2,1-2H3. The van der Waals surface area contributed by atoms with Crippen molar-refractivity contribution in [3.8, 4) is 11.4 Å². The van der Waals surface area contributed by atoms with Gasteiger partial charge in [-0.3, -0.25) is 0 Å². The van der Waals surface area contributed by atoms with Crippen molar-refractivity contribution in [2.45, 2.75) is 19.9 Å². The van der Waals surface area contributed by atoms with E-state index in [4.69, 9.17) is 10.5 Å². The molecule has 5 nitrogen and oxygen atoms in total. The van der Waals surface area contributed by atoms with E-state index in [9.17, 15) is 4.39 Å². The van der Waals surface area contributed by atoms with Gasteiger partial charge in [0.25, 0.3) is 0 Å². The number of hydrogen-bond donors (Lipinski definition) is 1. The Balaban J connectivity index is 2.30. The zero-order valence-electron chi connectivity index (χ0n) is 10.3. The third kappa shape index (κ3) is 2.48. The summed E-state index contributed by atoms with van der Waals surface area (Å²) in [6, 6.07) is 4.44. The number of nitrogens with two attached hydrogens (primary N) is 1. The third-order valence-electron chi connectivity index (χ3n) is 2.46. The minimum atomic E-state index is -0.424. The van der Waals surface area contributed by atoms with Crippen molar-refractivity contribution in [2.24, 2.45) is 5.73 Å². The van der Waals surface area contributed by atoms with Gasteiger partial charge >= 0.3 is 0 Å². The number of benzene rings is 1. The van der Waals surface area contributed by atoms with Gasteiger partial charge in [0.1, 0.15) is 0 Å². The zero-order valence-corrected chi connectivity index (χ0v) is 10.3. The van der Waals surface area contributed by atoms with E-state index in [2.05, 4.69) is 10.3 Å². The lowest BCUT2D eigenvalue weighted by Gasteiger charge is -2.06. The Kier molecular flexibility index (Phi) is 3.57. The molecule has 0 saturated carbocycles. The Morgan fingerprint density at radius 3 is 2.83 bits per heavy atom. The predicted molar refractivity (Wildman–Crippen MR) is 65.1 cm³/mol. The molecule has 1 unspecified atom stereocenters. The van der Waals surface area contributed by atoms with Gasteiger partial charge in [0, 0.05) is 12.1 Å². The van der Waals surface area contributed by atoms with Gasteiger partial charge in [-0.25, -0.2) is 9.07 Å². The second kappa shape index (κ2) is 5.14. The quantitative estimate of drug-likeness (QED) is 0.899. The van der Waals surface area contributed by atoms with Crippen molar-refractivity contribution in [3.63, 3.8) is 0 Å². The molecule has 1 atom stereocenters. The second-order valence-corrected chi connectivity index (χ2v) is 3.92. The lowest BCUT2D eigenvalue weighted by molar-refractivity contribution is 0.321. The van der Waals surface area contributed by atoms with Crippen LogP contribution in [0.25, 0.3) is 5.69 Å². The Bertz CT molecular complexity index is 539. The molecule has 6 heteroatoms. The Labute approximate surface area is 104 Å². The van der Waals surface area contributed by atoms with Gasteiger partial charge in [-0.05, 0) is 26.0 Å². The van der Waals surface area contributed by atoms with E-state index in [1.54, 1.807) is 25.3 Å². The van der Waals surface area contributed by atoms with Gasteiger partial charge in [-0.1, -0.05) is 5.21 Å². The van der Waals surface area contributed by atoms with Crippen LogP contribution >= 0.6 is 0 Å². The molecule has 1 aromatic carbocycles. The minimum Gasteiger partial charge on any atom is -0.491 e. The number of aromatic nitrogens is 3. The highest BCUT2D eigenvalue weighted by atomic mass is 19.1. The summed E-state index contributed by atoms with van der Waals surface area (Å²) in [6.45, 7) is 4.04. The van der Waals surface area contributed by atoms with Gasteiger partial charge < -0.3 is 10.5 Å². The van der Waals surface area contributed by atoms with Crippen molar-refractivity contribution in [3.05, 3.63) is 35.9 Å². The van der Waals surface area contributed by atoms with Crippen molar-refractivity contribution in [2.75, 3.05) is 6.61 Å². The fourth-order valence-electron chi connectivity index (χ4n) is 1.52. The van der Waals surface area contributed by atoms with Crippen LogP contribution < -0.4 is 10.5 Å². The number of ether oxygens (including phenoxy) is 1. The van der Waals surface area contributed by atoms with E-state index < -0.39 is 5.82 Å². The molecule has 0 aliphatic heterocycles. The molecule has 0 aliphatic carbocycles. The largest absolute Gasteiger partial charge is 0.491 e. The van der Waals surface area contributed by atoms with Crippen LogP contribution in [0.1, 0.15) is 25.6 Å². The minimum absolute atomic E-state index is 0.203. The number of hydrogen-bond acceptors (Lipinski definition) is 4. The number of rotatable bonds is 4. The maximum absolute atomic E-state index is 13.7. The molecule has 2 rings (SSSR count). The SMILES string of the molecule is CCOc1ccc(-n2cc(C(C)N)nn2)cc1F. The molecule has 0 saturated heterocycles. The molecule has 2 N–H and O–H groups in total. The molecule has 0 fully saturated rings. The molecule has 0 radical (unpaired) electrons. The molecular weight excluding hydrogens is 235 g/mol. The first kappa shape index (κ1) is 12.5. The maximum atomic E-state index is 13.7. The topological polar surface area (TPSA) is 66.0 Å². The Morgan fingerprint density at radius 1 is 1.50 bits per heavy atom. The highest BCUT2D eigenvalue weighted by Crippen LogP contribution is 2.20. The first-order chi connectivity index (χ1) is 8.61. The third-order valence-corrected chi connectivity index (χ3v) is 2.46. The van der Waals surface area contributed by atoms with E-state index >= 15 is 0 Å². The van der Waals surface area contributed by atoms with Crippen LogP contribution in [-0.4, -0.2) is 21.6 Å². The molecule has 96 valence electrons. The fraction of sp³-hybridized carbons (Fsp3) is 0.333. The van der Waals surface area contributed by atoms with E-state index in [0.717, 1.165) is 0 Å². The van der Waals surface area contributed by atoms with Crippen LogP contribution in [0.2, 0.25) is 0 Å². The molecule has 0 amide bonds.